The second-order valence-electron chi connectivity index (χ2n) is 8.47. The average Bonchev–Trinajstić information content (AvgIpc) is 2.68. The summed E-state index contributed by atoms with van der Waals surface area (Å²) >= 11 is 0. The first kappa shape index (κ1) is 27.8. The summed E-state index contributed by atoms with van der Waals surface area (Å²) in [6, 6.07) is 0. The van der Waals surface area contributed by atoms with Crippen LogP contribution in [-0.4, -0.2) is 170 Å². The van der Waals surface area contributed by atoms with E-state index in [1.165, 1.54) is 9.80 Å². The number of hydrogen-bond acceptors (Lipinski definition) is 8. The highest BCUT2D eigenvalue weighted by molar-refractivity contribution is 5.78. The standard InChI is InChI=1S/C20H38N6O6/c1-21(2)17(27)13-23-5-9-25(15-19(29)30)11-7-24(14-18(28)22(3)4)8-12-26(10-6-23)16-20(31)32/h5-16H2,1-4H3,(H,29,30)(H,31,32). The van der Waals surface area contributed by atoms with E-state index in [-0.39, 0.29) is 38.0 Å². The van der Waals surface area contributed by atoms with Crippen molar-refractivity contribution in [2.45, 2.75) is 0 Å². The van der Waals surface area contributed by atoms with E-state index in [2.05, 4.69) is 0 Å². The predicted octanol–water partition coefficient (Wildman–Crippen LogP) is -2.45. The zero-order valence-electron chi connectivity index (χ0n) is 19.7. The molecule has 0 saturated carbocycles. The molecule has 12 heteroatoms. The molecule has 0 radical (unpaired) electrons. The molecule has 1 aliphatic heterocycles. The summed E-state index contributed by atoms with van der Waals surface area (Å²) in [6.45, 7) is 3.79. The van der Waals surface area contributed by atoms with Gasteiger partial charge in [-0.15, -0.1) is 0 Å². The molecule has 0 aliphatic carbocycles. The number of carbonyl (C=O) groups excluding carboxylic acids is 2. The van der Waals surface area contributed by atoms with Gasteiger partial charge in [0.2, 0.25) is 11.8 Å². The maximum Gasteiger partial charge on any atom is 0.317 e. The van der Waals surface area contributed by atoms with Gasteiger partial charge in [0.25, 0.3) is 0 Å². The normalized spacial score (nSPS) is 18.4. The quantitative estimate of drug-likeness (QED) is 0.405. The topological polar surface area (TPSA) is 128 Å². The molecule has 12 nitrogen and oxygen atoms in total. The van der Waals surface area contributed by atoms with Crippen LogP contribution < -0.4 is 0 Å². The fraction of sp³-hybridized carbons (Fsp3) is 0.800. The Kier molecular flexibility index (Phi) is 12.1. The number of aliphatic carboxylic acids is 2. The van der Waals surface area contributed by atoms with E-state index in [0.29, 0.717) is 52.4 Å². The molecule has 0 aromatic heterocycles. The van der Waals surface area contributed by atoms with Crippen LogP contribution >= 0.6 is 0 Å². The number of amides is 2. The second-order valence-corrected chi connectivity index (χ2v) is 8.47. The SMILES string of the molecule is CN(C)C(=O)CN1CCN(CC(=O)O)CCN(CC(=O)N(C)C)CCN(CC(=O)O)CC1. The summed E-state index contributed by atoms with van der Waals surface area (Å²) in [5.74, 6) is -2.01. The highest BCUT2D eigenvalue weighted by Gasteiger charge is 2.21. The Bertz CT molecular complexity index is 574. The Hall–Kier alpha value is -2.28. The van der Waals surface area contributed by atoms with Gasteiger partial charge in [0.05, 0.1) is 26.2 Å². The largest absolute Gasteiger partial charge is 0.480 e. The molecule has 184 valence electrons. The highest BCUT2D eigenvalue weighted by atomic mass is 16.4. The van der Waals surface area contributed by atoms with Gasteiger partial charge in [0.15, 0.2) is 0 Å². The van der Waals surface area contributed by atoms with Crippen molar-refractivity contribution >= 4 is 23.8 Å². The van der Waals surface area contributed by atoms with Gasteiger partial charge in [-0.3, -0.25) is 38.8 Å². The van der Waals surface area contributed by atoms with Crippen molar-refractivity contribution in [3.63, 3.8) is 0 Å². The lowest BCUT2D eigenvalue weighted by Gasteiger charge is -2.33. The van der Waals surface area contributed by atoms with Gasteiger partial charge >= 0.3 is 11.9 Å². The first-order chi connectivity index (χ1) is 15.0. The summed E-state index contributed by atoms with van der Waals surface area (Å²) in [7, 11) is 6.71. The van der Waals surface area contributed by atoms with Crippen molar-refractivity contribution in [3.05, 3.63) is 0 Å². The van der Waals surface area contributed by atoms with Crippen LogP contribution in [0, 0.1) is 0 Å². The van der Waals surface area contributed by atoms with Gasteiger partial charge in [-0.1, -0.05) is 0 Å². The van der Waals surface area contributed by atoms with Gasteiger partial charge in [-0.25, -0.2) is 0 Å². The van der Waals surface area contributed by atoms with Crippen LogP contribution in [0.25, 0.3) is 0 Å². The van der Waals surface area contributed by atoms with E-state index in [0.717, 1.165) is 0 Å². The minimum absolute atomic E-state index is 0.0694. The van der Waals surface area contributed by atoms with Gasteiger partial charge in [0, 0.05) is 80.5 Å². The number of rotatable bonds is 8. The van der Waals surface area contributed by atoms with Gasteiger partial charge in [0.1, 0.15) is 0 Å². The number of carboxylic acids is 2. The molecule has 0 spiro atoms. The Labute approximate surface area is 189 Å². The lowest BCUT2D eigenvalue weighted by molar-refractivity contribution is -0.139. The summed E-state index contributed by atoms with van der Waals surface area (Å²) in [6.07, 6.45) is 0. The number of nitrogens with zero attached hydrogens (tertiary/aromatic N) is 6. The molecule has 0 aromatic rings. The Morgan fingerprint density at radius 1 is 0.531 bits per heavy atom. The molecule has 32 heavy (non-hydrogen) atoms. The van der Waals surface area contributed by atoms with Gasteiger partial charge < -0.3 is 20.0 Å². The van der Waals surface area contributed by atoms with E-state index < -0.39 is 11.9 Å². The van der Waals surface area contributed by atoms with Crippen LogP contribution in [0.5, 0.6) is 0 Å². The maximum atomic E-state index is 12.2. The monoisotopic (exact) mass is 458 g/mol. The number of likely N-dealkylation sites (N-methyl/N-ethyl adjacent to an activating group) is 2. The molecule has 0 aromatic carbocycles. The number of carboxylic acid groups (broad SMARTS) is 2. The Morgan fingerprint density at radius 2 is 0.750 bits per heavy atom. The van der Waals surface area contributed by atoms with Crippen LogP contribution in [0.2, 0.25) is 0 Å². The molecule has 1 rings (SSSR count). The molecule has 1 saturated heterocycles. The van der Waals surface area contributed by atoms with E-state index in [9.17, 15) is 29.4 Å². The molecule has 1 aliphatic rings. The molecule has 2 N–H and O–H groups in total. The van der Waals surface area contributed by atoms with Gasteiger partial charge in [-0.2, -0.15) is 0 Å². The molecule has 1 fully saturated rings. The van der Waals surface area contributed by atoms with E-state index in [4.69, 9.17) is 0 Å². The molecular formula is C20H38N6O6. The lowest BCUT2D eigenvalue weighted by Crippen LogP contribution is -2.50. The maximum absolute atomic E-state index is 12.2. The minimum atomic E-state index is -0.934. The van der Waals surface area contributed by atoms with E-state index in [1.807, 2.05) is 9.80 Å². The molecule has 2 amide bonds. The highest BCUT2D eigenvalue weighted by Crippen LogP contribution is 2.02. The zero-order chi connectivity index (χ0) is 24.3. The Morgan fingerprint density at radius 3 is 0.938 bits per heavy atom. The first-order valence-electron chi connectivity index (χ1n) is 10.7. The van der Waals surface area contributed by atoms with Crippen molar-refractivity contribution < 1.29 is 29.4 Å². The van der Waals surface area contributed by atoms with Crippen molar-refractivity contribution in [2.75, 3.05) is 107 Å². The molecule has 0 bridgehead atoms. The van der Waals surface area contributed by atoms with E-state index >= 15 is 0 Å². The predicted molar refractivity (Wildman–Crippen MR) is 118 cm³/mol. The fourth-order valence-electron chi connectivity index (χ4n) is 3.26. The number of carbonyl (C=O) groups is 4. The van der Waals surface area contributed by atoms with E-state index in [1.54, 1.807) is 38.0 Å². The third kappa shape index (κ3) is 11.4. The van der Waals surface area contributed by atoms with Crippen molar-refractivity contribution in [3.8, 4) is 0 Å². The summed E-state index contributed by atoms with van der Waals surface area (Å²) < 4.78 is 0. The average molecular weight is 459 g/mol. The lowest BCUT2D eigenvalue weighted by atomic mass is 10.3. The molecule has 1 heterocycles. The smallest absolute Gasteiger partial charge is 0.317 e. The van der Waals surface area contributed by atoms with Crippen LogP contribution in [-0.2, 0) is 19.2 Å². The van der Waals surface area contributed by atoms with Crippen LogP contribution in [0.15, 0.2) is 0 Å². The van der Waals surface area contributed by atoms with Crippen molar-refractivity contribution in [1.82, 2.24) is 29.4 Å². The summed E-state index contributed by atoms with van der Waals surface area (Å²) in [4.78, 5) is 57.6. The molecular weight excluding hydrogens is 420 g/mol. The zero-order valence-corrected chi connectivity index (χ0v) is 19.7. The summed E-state index contributed by atoms with van der Waals surface area (Å²) in [5.41, 5.74) is 0. The molecule has 0 unspecified atom stereocenters. The summed E-state index contributed by atoms with van der Waals surface area (Å²) in [5, 5.41) is 18.6. The third-order valence-electron chi connectivity index (χ3n) is 5.36. The van der Waals surface area contributed by atoms with Crippen molar-refractivity contribution in [1.29, 1.82) is 0 Å². The fourth-order valence-corrected chi connectivity index (χ4v) is 3.26. The van der Waals surface area contributed by atoms with Crippen LogP contribution in [0.1, 0.15) is 0 Å². The van der Waals surface area contributed by atoms with Crippen molar-refractivity contribution in [2.24, 2.45) is 0 Å². The van der Waals surface area contributed by atoms with Gasteiger partial charge in [-0.05, 0) is 0 Å². The molecule has 0 atom stereocenters. The minimum Gasteiger partial charge on any atom is -0.480 e. The third-order valence-corrected chi connectivity index (χ3v) is 5.36. The second kappa shape index (κ2) is 14.0. The van der Waals surface area contributed by atoms with Crippen LogP contribution in [0.3, 0.4) is 0 Å². The number of hydrogen-bond donors (Lipinski definition) is 2. The Balaban J connectivity index is 2.99. The first-order valence-corrected chi connectivity index (χ1v) is 10.7. The van der Waals surface area contributed by atoms with Crippen LogP contribution in [0.4, 0.5) is 0 Å².